The van der Waals surface area contributed by atoms with Crippen molar-refractivity contribution in [1.29, 1.82) is 0 Å². The van der Waals surface area contributed by atoms with E-state index >= 15 is 0 Å². The summed E-state index contributed by atoms with van der Waals surface area (Å²) in [6.45, 7) is 1.97. The number of nitrogens with one attached hydrogen (secondary N) is 1. The van der Waals surface area contributed by atoms with Crippen molar-refractivity contribution in [3.8, 4) is 0 Å². The maximum absolute atomic E-state index is 12.9. The van der Waals surface area contributed by atoms with E-state index < -0.39 is 0 Å². The number of aromatic nitrogens is 2. The van der Waals surface area contributed by atoms with Gasteiger partial charge in [-0.2, -0.15) is 10.2 Å². The van der Waals surface area contributed by atoms with E-state index in [1.165, 1.54) is 17.7 Å². The van der Waals surface area contributed by atoms with Gasteiger partial charge in [0.15, 0.2) is 0 Å². The van der Waals surface area contributed by atoms with Crippen LogP contribution in [0.5, 0.6) is 0 Å². The molecule has 1 N–H and O–H groups in total. The molecule has 3 nitrogen and oxygen atoms in total. The Morgan fingerprint density at radius 3 is 2.68 bits per heavy atom. The standard InChI is InChI=1S/C15H16FN3/c16-13-3-1-11(2-4-13)9-14-10-12-5-7-17-8-6-15(12)19-18-14/h1-4,10,17H,5-9H2. The van der Waals surface area contributed by atoms with Crippen LogP contribution in [-0.2, 0) is 19.3 Å². The van der Waals surface area contributed by atoms with Crippen LogP contribution in [0.15, 0.2) is 30.3 Å². The van der Waals surface area contributed by atoms with Gasteiger partial charge in [0.2, 0.25) is 0 Å². The topological polar surface area (TPSA) is 37.8 Å². The minimum Gasteiger partial charge on any atom is -0.316 e. The first-order chi connectivity index (χ1) is 9.31. The molecule has 0 amide bonds. The molecule has 2 heterocycles. The Balaban J connectivity index is 1.81. The molecule has 19 heavy (non-hydrogen) atoms. The van der Waals surface area contributed by atoms with Crippen molar-refractivity contribution in [1.82, 2.24) is 15.5 Å². The number of rotatable bonds is 2. The zero-order valence-corrected chi connectivity index (χ0v) is 10.7. The Kier molecular flexibility index (Phi) is 3.51. The maximum atomic E-state index is 12.9. The van der Waals surface area contributed by atoms with Gasteiger partial charge in [-0.05, 0) is 42.3 Å². The summed E-state index contributed by atoms with van der Waals surface area (Å²) in [5.74, 6) is -0.206. The van der Waals surface area contributed by atoms with E-state index in [4.69, 9.17) is 0 Å². The first-order valence-corrected chi connectivity index (χ1v) is 6.61. The molecule has 2 aromatic rings. The van der Waals surface area contributed by atoms with E-state index in [2.05, 4.69) is 21.6 Å². The Morgan fingerprint density at radius 1 is 1.05 bits per heavy atom. The van der Waals surface area contributed by atoms with Crippen LogP contribution in [0.1, 0.15) is 22.5 Å². The van der Waals surface area contributed by atoms with Crippen LogP contribution in [0, 0.1) is 5.82 Å². The van der Waals surface area contributed by atoms with Crippen molar-refractivity contribution in [3.63, 3.8) is 0 Å². The van der Waals surface area contributed by atoms with Crippen LogP contribution < -0.4 is 5.32 Å². The lowest BCUT2D eigenvalue weighted by Gasteiger charge is -2.06. The van der Waals surface area contributed by atoms with E-state index in [0.717, 1.165) is 42.9 Å². The van der Waals surface area contributed by atoms with Crippen LogP contribution in [0.25, 0.3) is 0 Å². The van der Waals surface area contributed by atoms with Crippen molar-refractivity contribution in [3.05, 3.63) is 58.7 Å². The summed E-state index contributed by atoms with van der Waals surface area (Å²) in [4.78, 5) is 0. The molecule has 1 aliphatic rings. The van der Waals surface area contributed by atoms with Crippen molar-refractivity contribution in [2.24, 2.45) is 0 Å². The van der Waals surface area contributed by atoms with Gasteiger partial charge in [0, 0.05) is 19.4 Å². The minimum absolute atomic E-state index is 0.206. The largest absolute Gasteiger partial charge is 0.316 e. The molecule has 0 unspecified atom stereocenters. The summed E-state index contributed by atoms with van der Waals surface area (Å²) in [6.07, 6.45) is 2.65. The lowest BCUT2D eigenvalue weighted by atomic mass is 10.1. The second-order valence-electron chi connectivity index (χ2n) is 4.86. The highest BCUT2D eigenvalue weighted by atomic mass is 19.1. The molecule has 0 saturated heterocycles. The smallest absolute Gasteiger partial charge is 0.123 e. The van der Waals surface area contributed by atoms with Crippen LogP contribution in [0.2, 0.25) is 0 Å². The van der Waals surface area contributed by atoms with Gasteiger partial charge in [0.1, 0.15) is 5.82 Å². The summed E-state index contributed by atoms with van der Waals surface area (Å²) < 4.78 is 12.9. The molecule has 0 atom stereocenters. The quantitative estimate of drug-likeness (QED) is 0.893. The van der Waals surface area contributed by atoms with Gasteiger partial charge in [0.05, 0.1) is 11.4 Å². The van der Waals surface area contributed by atoms with Crippen LogP contribution in [-0.4, -0.2) is 23.3 Å². The van der Waals surface area contributed by atoms with E-state index in [-0.39, 0.29) is 5.82 Å². The molecule has 0 aliphatic carbocycles. The molecule has 1 aromatic carbocycles. The summed E-state index contributed by atoms with van der Waals surface area (Å²) in [6, 6.07) is 8.69. The normalized spacial score (nSPS) is 14.8. The summed E-state index contributed by atoms with van der Waals surface area (Å²) in [7, 11) is 0. The molecule has 4 heteroatoms. The molecular formula is C15H16FN3. The Labute approximate surface area is 111 Å². The SMILES string of the molecule is Fc1ccc(Cc2cc3c(nn2)CCNCC3)cc1. The minimum atomic E-state index is -0.206. The second kappa shape index (κ2) is 5.45. The third-order valence-corrected chi connectivity index (χ3v) is 3.42. The van der Waals surface area contributed by atoms with Gasteiger partial charge in [-0.25, -0.2) is 4.39 Å². The van der Waals surface area contributed by atoms with E-state index in [0.29, 0.717) is 6.42 Å². The molecule has 0 fully saturated rings. The predicted octanol–water partition coefficient (Wildman–Crippen LogP) is 1.89. The lowest BCUT2D eigenvalue weighted by Crippen LogP contribution is -2.16. The molecule has 1 aliphatic heterocycles. The van der Waals surface area contributed by atoms with Gasteiger partial charge in [-0.15, -0.1) is 0 Å². The number of fused-ring (bicyclic) bond motifs is 1. The molecular weight excluding hydrogens is 241 g/mol. The average molecular weight is 257 g/mol. The third-order valence-electron chi connectivity index (χ3n) is 3.42. The number of hydrogen-bond acceptors (Lipinski definition) is 3. The maximum Gasteiger partial charge on any atom is 0.123 e. The summed E-state index contributed by atoms with van der Waals surface area (Å²) >= 11 is 0. The zero-order valence-electron chi connectivity index (χ0n) is 10.7. The Hall–Kier alpha value is -1.81. The van der Waals surface area contributed by atoms with Crippen molar-refractivity contribution < 1.29 is 4.39 Å². The lowest BCUT2D eigenvalue weighted by molar-refractivity contribution is 0.627. The zero-order chi connectivity index (χ0) is 13.1. The van der Waals surface area contributed by atoms with Gasteiger partial charge in [0.25, 0.3) is 0 Å². The average Bonchev–Trinajstić information content (AvgIpc) is 2.66. The first kappa shape index (κ1) is 12.2. The highest BCUT2D eigenvalue weighted by Crippen LogP contribution is 2.14. The van der Waals surface area contributed by atoms with Crippen molar-refractivity contribution in [2.75, 3.05) is 13.1 Å². The number of hydrogen-bond donors (Lipinski definition) is 1. The van der Waals surface area contributed by atoms with Gasteiger partial charge >= 0.3 is 0 Å². The monoisotopic (exact) mass is 257 g/mol. The molecule has 0 spiro atoms. The predicted molar refractivity (Wildman–Crippen MR) is 71.5 cm³/mol. The molecule has 98 valence electrons. The number of nitrogens with zero attached hydrogens (tertiary/aromatic N) is 2. The summed E-state index contributed by atoms with van der Waals surface area (Å²) in [5.41, 5.74) is 4.40. The van der Waals surface area contributed by atoms with Gasteiger partial charge < -0.3 is 5.32 Å². The van der Waals surface area contributed by atoms with E-state index in [9.17, 15) is 4.39 Å². The molecule has 1 aromatic heterocycles. The van der Waals surface area contributed by atoms with Crippen LogP contribution in [0.3, 0.4) is 0 Å². The van der Waals surface area contributed by atoms with Crippen LogP contribution in [0.4, 0.5) is 4.39 Å². The summed E-state index contributed by atoms with van der Waals surface area (Å²) in [5, 5.41) is 12.0. The van der Waals surface area contributed by atoms with Gasteiger partial charge in [-0.1, -0.05) is 12.1 Å². The highest BCUT2D eigenvalue weighted by Gasteiger charge is 2.10. The fraction of sp³-hybridized carbons (Fsp3) is 0.333. The number of halogens is 1. The van der Waals surface area contributed by atoms with Crippen molar-refractivity contribution in [2.45, 2.75) is 19.3 Å². The Bertz CT molecular complexity index is 566. The molecule has 0 bridgehead atoms. The Morgan fingerprint density at radius 2 is 1.84 bits per heavy atom. The van der Waals surface area contributed by atoms with Crippen molar-refractivity contribution >= 4 is 0 Å². The fourth-order valence-corrected chi connectivity index (χ4v) is 2.38. The van der Waals surface area contributed by atoms with Crippen LogP contribution >= 0.6 is 0 Å². The van der Waals surface area contributed by atoms with Gasteiger partial charge in [-0.3, -0.25) is 0 Å². The van der Waals surface area contributed by atoms with E-state index in [1.807, 2.05) is 0 Å². The molecule has 0 saturated carbocycles. The third kappa shape index (κ3) is 2.96. The van der Waals surface area contributed by atoms with E-state index in [1.54, 1.807) is 12.1 Å². The highest BCUT2D eigenvalue weighted by molar-refractivity contribution is 5.27. The second-order valence-corrected chi connectivity index (χ2v) is 4.86. The molecule has 0 radical (unpaired) electrons. The molecule has 3 rings (SSSR count). The first-order valence-electron chi connectivity index (χ1n) is 6.61. The fourth-order valence-electron chi connectivity index (χ4n) is 2.38. The number of benzene rings is 1.